The van der Waals surface area contributed by atoms with Gasteiger partial charge in [-0.15, -0.1) is 6.58 Å². The van der Waals surface area contributed by atoms with Gasteiger partial charge in [-0.2, -0.15) is 0 Å². The minimum atomic E-state index is -0.507. The highest BCUT2D eigenvalue weighted by Gasteiger charge is 2.31. The maximum Gasteiger partial charge on any atom is 0.359 e. The van der Waals surface area contributed by atoms with Crippen molar-refractivity contribution in [3.8, 4) is 0 Å². The smallest absolute Gasteiger partial charge is 0.359 e. The maximum atomic E-state index is 12.0. The molecule has 1 unspecified atom stereocenters. The molecule has 1 saturated heterocycles. The van der Waals surface area contributed by atoms with E-state index < -0.39 is 5.97 Å². The van der Waals surface area contributed by atoms with Gasteiger partial charge in [-0.3, -0.25) is 4.79 Å². The fourth-order valence-electron chi connectivity index (χ4n) is 2.10. The van der Waals surface area contributed by atoms with Gasteiger partial charge in [0, 0.05) is 25.1 Å². The van der Waals surface area contributed by atoms with Crippen LogP contribution in [0.2, 0.25) is 0 Å². The largest absolute Gasteiger partial charge is 0.461 e. The van der Waals surface area contributed by atoms with E-state index in [-0.39, 0.29) is 24.1 Å². The molecule has 1 atom stereocenters. The molecule has 100 valence electrons. The molecule has 1 aromatic heterocycles. The first-order valence-electron chi connectivity index (χ1n) is 6.22. The highest BCUT2D eigenvalue weighted by Crippen LogP contribution is 2.27. The molecule has 1 aliphatic rings. The van der Waals surface area contributed by atoms with Crippen LogP contribution in [-0.2, 0) is 9.53 Å². The summed E-state index contributed by atoms with van der Waals surface area (Å²) < 4.78 is 4.96. The summed E-state index contributed by atoms with van der Waals surface area (Å²) in [7, 11) is 0. The second-order valence-corrected chi connectivity index (χ2v) is 4.30. The van der Waals surface area contributed by atoms with Crippen LogP contribution < -0.4 is 4.90 Å². The number of carbonyl (C=O) groups excluding carboxylic acids is 2. The summed E-state index contributed by atoms with van der Waals surface area (Å²) >= 11 is 0. The second-order valence-electron chi connectivity index (χ2n) is 4.30. The van der Waals surface area contributed by atoms with E-state index in [0.29, 0.717) is 18.7 Å². The topological polar surface area (TPSA) is 59.5 Å². The summed E-state index contributed by atoms with van der Waals surface area (Å²) in [6.45, 7) is 6.24. The number of hydrogen-bond acceptors (Lipinski definition) is 4. The average Bonchev–Trinajstić information content (AvgIpc) is 2.80. The van der Waals surface area contributed by atoms with Crippen LogP contribution in [0.15, 0.2) is 31.0 Å². The van der Waals surface area contributed by atoms with E-state index in [0.717, 1.165) is 0 Å². The van der Waals surface area contributed by atoms with Crippen molar-refractivity contribution < 1.29 is 14.3 Å². The number of aromatic nitrogens is 1. The molecular weight excluding hydrogens is 244 g/mol. The first kappa shape index (κ1) is 13.3. The van der Waals surface area contributed by atoms with E-state index in [4.69, 9.17) is 4.74 Å². The van der Waals surface area contributed by atoms with Gasteiger partial charge in [0.2, 0.25) is 5.91 Å². The Kier molecular flexibility index (Phi) is 3.94. The Bertz CT molecular complexity index is 513. The van der Waals surface area contributed by atoms with Gasteiger partial charge >= 0.3 is 5.97 Å². The van der Waals surface area contributed by atoms with Crippen molar-refractivity contribution in [2.75, 3.05) is 18.1 Å². The zero-order valence-corrected chi connectivity index (χ0v) is 10.8. The molecule has 1 fully saturated rings. The summed E-state index contributed by atoms with van der Waals surface area (Å²) in [5, 5.41) is 0. The van der Waals surface area contributed by atoms with Gasteiger partial charge in [-0.25, -0.2) is 9.78 Å². The Hall–Kier alpha value is -2.17. The lowest BCUT2D eigenvalue weighted by molar-refractivity contribution is -0.117. The highest BCUT2D eigenvalue weighted by atomic mass is 16.5. The van der Waals surface area contributed by atoms with Gasteiger partial charge in [0.25, 0.3) is 0 Å². The van der Waals surface area contributed by atoms with Crippen LogP contribution in [0.3, 0.4) is 0 Å². The number of ether oxygens (including phenoxy) is 1. The molecule has 5 heteroatoms. The van der Waals surface area contributed by atoms with E-state index in [1.807, 2.05) is 0 Å². The Balaban J connectivity index is 2.32. The van der Waals surface area contributed by atoms with E-state index in [9.17, 15) is 9.59 Å². The minimum Gasteiger partial charge on any atom is -0.461 e. The molecule has 0 bridgehead atoms. The average molecular weight is 260 g/mol. The predicted molar refractivity (Wildman–Crippen MR) is 70.9 cm³/mol. The fourth-order valence-corrected chi connectivity index (χ4v) is 2.10. The third kappa shape index (κ3) is 2.65. The monoisotopic (exact) mass is 260 g/mol. The molecule has 0 N–H and O–H groups in total. The molecule has 1 amide bonds. The van der Waals surface area contributed by atoms with Crippen LogP contribution in [0.1, 0.15) is 23.8 Å². The number of nitrogens with zero attached hydrogens (tertiary/aromatic N) is 2. The van der Waals surface area contributed by atoms with Crippen LogP contribution in [-0.4, -0.2) is 30.0 Å². The van der Waals surface area contributed by atoms with E-state index >= 15 is 0 Å². The number of pyridine rings is 1. The Morgan fingerprint density at radius 1 is 1.68 bits per heavy atom. The lowest BCUT2D eigenvalue weighted by Gasteiger charge is -2.18. The Labute approximate surface area is 111 Å². The van der Waals surface area contributed by atoms with Crippen molar-refractivity contribution in [3.05, 3.63) is 36.7 Å². The second kappa shape index (κ2) is 5.65. The number of hydrogen-bond donors (Lipinski definition) is 0. The number of esters is 1. The third-order valence-electron chi connectivity index (χ3n) is 3.03. The molecule has 0 saturated carbocycles. The molecule has 5 nitrogen and oxygen atoms in total. The van der Waals surface area contributed by atoms with Crippen molar-refractivity contribution in [1.82, 2.24) is 4.98 Å². The van der Waals surface area contributed by atoms with Crippen molar-refractivity contribution in [1.29, 1.82) is 0 Å². The maximum absolute atomic E-state index is 12.0. The molecule has 19 heavy (non-hydrogen) atoms. The van der Waals surface area contributed by atoms with Crippen molar-refractivity contribution in [2.45, 2.75) is 13.3 Å². The van der Waals surface area contributed by atoms with Gasteiger partial charge in [-0.05, 0) is 19.1 Å². The fraction of sp³-hybridized carbons (Fsp3) is 0.357. The Morgan fingerprint density at radius 2 is 2.47 bits per heavy atom. The molecule has 0 aromatic carbocycles. The van der Waals surface area contributed by atoms with Crippen LogP contribution >= 0.6 is 0 Å². The number of anilines is 1. The summed E-state index contributed by atoms with van der Waals surface area (Å²) in [6, 6.07) is 3.41. The van der Waals surface area contributed by atoms with Crippen LogP contribution in [0.4, 0.5) is 5.69 Å². The summed E-state index contributed by atoms with van der Waals surface area (Å²) in [5.41, 5.74) is 0.692. The summed E-state index contributed by atoms with van der Waals surface area (Å²) in [6.07, 6.45) is 3.69. The highest BCUT2D eigenvalue weighted by molar-refractivity contribution is 6.02. The zero-order valence-electron chi connectivity index (χ0n) is 10.8. The quantitative estimate of drug-likeness (QED) is 0.612. The van der Waals surface area contributed by atoms with Crippen molar-refractivity contribution in [3.63, 3.8) is 0 Å². The predicted octanol–water partition coefficient (Wildman–Crippen LogP) is 1.80. The molecule has 1 aliphatic heterocycles. The van der Waals surface area contributed by atoms with Crippen molar-refractivity contribution in [2.24, 2.45) is 5.92 Å². The first-order valence-corrected chi connectivity index (χ1v) is 6.22. The van der Waals surface area contributed by atoms with Gasteiger partial charge in [0.05, 0.1) is 12.3 Å². The van der Waals surface area contributed by atoms with Gasteiger partial charge in [0.15, 0.2) is 5.69 Å². The lowest BCUT2D eigenvalue weighted by atomic mass is 10.1. The number of amides is 1. The molecule has 0 spiro atoms. The third-order valence-corrected chi connectivity index (χ3v) is 3.03. The molecule has 1 aromatic rings. The number of carbonyl (C=O) groups is 2. The summed E-state index contributed by atoms with van der Waals surface area (Å²) in [5.74, 6) is -0.417. The van der Waals surface area contributed by atoms with E-state index in [1.54, 1.807) is 30.0 Å². The normalized spacial score (nSPS) is 18.5. The molecular formula is C14H16N2O3. The molecule has 0 radical (unpaired) electrons. The van der Waals surface area contributed by atoms with Crippen LogP contribution in [0.5, 0.6) is 0 Å². The zero-order chi connectivity index (χ0) is 13.8. The van der Waals surface area contributed by atoms with E-state index in [1.165, 1.54) is 6.20 Å². The molecule has 2 heterocycles. The standard InChI is InChI=1S/C14H16N2O3/c1-3-10-8-12(17)16(9-10)11-6-5-7-15-13(11)14(18)19-4-2/h3,5-7,10H,1,4,8-9H2,2H3. The number of rotatable bonds is 4. The van der Waals surface area contributed by atoms with Gasteiger partial charge in [-0.1, -0.05) is 6.08 Å². The SMILES string of the molecule is C=CC1CC(=O)N(c2cccnc2C(=O)OCC)C1. The molecule has 0 aliphatic carbocycles. The lowest BCUT2D eigenvalue weighted by Crippen LogP contribution is -2.27. The Morgan fingerprint density at radius 3 is 3.11 bits per heavy atom. The van der Waals surface area contributed by atoms with Gasteiger partial charge < -0.3 is 9.64 Å². The van der Waals surface area contributed by atoms with Crippen LogP contribution in [0.25, 0.3) is 0 Å². The van der Waals surface area contributed by atoms with Crippen molar-refractivity contribution >= 4 is 17.6 Å². The summed E-state index contributed by atoms with van der Waals surface area (Å²) in [4.78, 5) is 29.4. The van der Waals surface area contributed by atoms with E-state index in [2.05, 4.69) is 11.6 Å². The minimum absolute atomic E-state index is 0.0246. The first-order chi connectivity index (χ1) is 9.17. The van der Waals surface area contributed by atoms with Crippen LogP contribution in [0, 0.1) is 5.92 Å². The van der Waals surface area contributed by atoms with Gasteiger partial charge in [0.1, 0.15) is 0 Å². The molecule has 2 rings (SSSR count).